The van der Waals surface area contributed by atoms with Gasteiger partial charge < -0.3 is 33.0 Å². The second kappa shape index (κ2) is 12.7. The number of fused-ring (bicyclic) bond motifs is 4. The molecule has 12 nitrogen and oxygen atoms in total. The Morgan fingerprint density at radius 1 is 1.00 bits per heavy atom. The monoisotopic (exact) mass is 594 g/mol. The van der Waals surface area contributed by atoms with Gasteiger partial charge in [-0.1, -0.05) is 12.1 Å². The summed E-state index contributed by atoms with van der Waals surface area (Å²) in [5, 5.41) is 10.9. The van der Waals surface area contributed by atoms with Crippen molar-refractivity contribution < 1.29 is 38.1 Å². The zero-order valence-corrected chi connectivity index (χ0v) is 24.2. The first-order valence-electron chi connectivity index (χ1n) is 13.9. The fourth-order valence-corrected chi connectivity index (χ4v) is 6.04. The lowest BCUT2D eigenvalue weighted by Crippen LogP contribution is -2.46. The number of pyridine rings is 1. The summed E-state index contributed by atoms with van der Waals surface area (Å²) in [5.74, 6) is -1.45. The predicted octanol–water partition coefficient (Wildman–Crippen LogP) is 2.38. The molecule has 1 fully saturated rings. The summed E-state index contributed by atoms with van der Waals surface area (Å²) in [7, 11) is 3.91. The summed E-state index contributed by atoms with van der Waals surface area (Å²) in [6.07, 6.45) is 0.745. The molecule has 1 N–H and O–H groups in total. The Hall–Kier alpha value is -4.58. The Labute approximate surface area is 247 Å². The van der Waals surface area contributed by atoms with Crippen LogP contribution in [0, 0.1) is 5.92 Å². The van der Waals surface area contributed by atoms with Crippen LogP contribution in [0.5, 0.6) is 17.2 Å². The second-order valence-electron chi connectivity index (χ2n) is 10.8. The maximum absolute atomic E-state index is 13.0. The zero-order valence-electron chi connectivity index (χ0n) is 24.2. The van der Waals surface area contributed by atoms with Crippen molar-refractivity contribution in [3.8, 4) is 17.2 Å². The molecule has 2 aromatic heterocycles. The SMILES string of the molecule is COC(=O)COc1ccc([C@H](CC(=O)OC)c2oc(CN3C[C@H]4C[C@@H](C3)c3cccc(=O)n3C4)cc(=O)c2O)cc1OC. The van der Waals surface area contributed by atoms with Crippen LogP contribution in [0.1, 0.15) is 47.5 Å². The minimum atomic E-state index is -0.900. The third-order valence-electron chi connectivity index (χ3n) is 8.01. The highest BCUT2D eigenvalue weighted by Crippen LogP contribution is 2.39. The predicted molar refractivity (Wildman–Crippen MR) is 152 cm³/mol. The lowest BCUT2D eigenvalue weighted by atomic mass is 9.83. The maximum atomic E-state index is 13.0. The molecule has 3 atom stereocenters. The van der Waals surface area contributed by atoms with Crippen LogP contribution in [0.2, 0.25) is 0 Å². The molecule has 2 aliphatic heterocycles. The molecule has 1 aromatic carbocycles. The first-order valence-corrected chi connectivity index (χ1v) is 13.9. The molecule has 4 heterocycles. The summed E-state index contributed by atoms with van der Waals surface area (Å²) in [6, 6.07) is 11.4. The van der Waals surface area contributed by atoms with Crippen LogP contribution in [0.3, 0.4) is 0 Å². The number of benzene rings is 1. The van der Waals surface area contributed by atoms with E-state index in [0.717, 1.165) is 12.1 Å². The minimum absolute atomic E-state index is 0.00570. The van der Waals surface area contributed by atoms with E-state index in [4.69, 9.17) is 18.6 Å². The number of rotatable bonds is 10. The van der Waals surface area contributed by atoms with E-state index in [1.165, 1.54) is 27.4 Å². The molecule has 5 rings (SSSR count). The number of carbonyl (C=O) groups is 2. The lowest BCUT2D eigenvalue weighted by molar-refractivity contribution is -0.143. The highest BCUT2D eigenvalue weighted by Gasteiger charge is 2.35. The molecular formula is C31H34N2O10. The van der Waals surface area contributed by atoms with E-state index < -0.39 is 29.0 Å². The minimum Gasteiger partial charge on any atom is -0.502 e. The van der Waals surface area contributed by atoms with Crippen LogP contribution in [0.25, 0.3) is 0 Å². The molecule has 1 saturated heterocycles. The number of aromatic nitrogens is 1. The van der Waals surface area contributed by atoms with Crippen molar-refractivity contribution in [2.75, 3.05) is 41.0 Å². The smallest absolute Gasteiger partial charge is 0.343 e. The molecule has 0 amide bonds. The van der Waals surface area contributed by atoms with Crippen molar-refractivity contribution in [3.63, 3.8) is 0 Å². The van der Waals surface area contributed by atoms with Crippen molar-refractivity contribution in [2.45, 2.75) is 37.8 Å². The van der Waals surface area contributed by atoms with Crippen LogP contribution in [0.4, 0.5) is 0 Å². The molecule has 0 spiro atoms. The van der Waals surface area contributed by atoms with Gasteiger partial charge >= 0.3 is 11.9 Å². The summed E-state index contributed by atoms with van der Waals surface area (Å²) in [6.45, 7) is 2.00. The summed E-state index contributed by atoms with van der Waals surface area (Å²) in [4.78, 5) is 51.6. The standard InChI is InChI=1S/C31H34N2O10/c1-39-26-10-19(7-8-25(26)42-17-29(37)41-3)22(12-28(36)40-2)31-30(38)24(34)11-21(43-31)16-32-13-18-9-20(15-32)23-5-4-6-27(35)33(23)14-18/h4-8,10-11,18,20,22,38H,9,12-17H2,1-3H3/t18-,20+,22+/m1/s1. The van der Waals surface area contributed by atoms with E-state index in [0.29, 0.717) is 37.5 Å². The van der Waals surface area contributed by atoms with Gasteiger partial charge in [0.1, 0.15) is 5.76 Å². The molecular weight excluding hydrogens is 560 g/mol. The number of ether oxygens (including phenoxy) is 4. The molecule has 0 saturated carbocycles. The average Bonchev–Trinajstić information content (AvgIpc) is 3.00. The topological polar surface area (TPSA) is 147 Å². The second-order valence-corrected chi connectivity index (χ2v) is 10.8. The first kappa shape index (κ1) is 29.9. The Bertz CT molecular complexity index is 1630. The van der Waals surface area contributed by atoms with Crippen LogP contribution < -0.4 is 20.5 Å². The summed E-state index contributed by atoms with van der Waals surface area (Å²) < 4.78 is 28.5. The van der Waals surface area contributed by atoms with E-state index in [2.05, 4.69) is 9.64 Å². The fourth-order valence-electron chi connectivity index (χ4n) is 6.04. The van der Waals surface area contributed by atoms with Crippen molar-refractivity contribution >= 4 is 11.9 Å². The van der Waals surface area contributed by atoms with Gasteiger partial charge in [0.15, 0.2) is 23.9 Å². The Morgan fingerprint density at radius 3 is 2.53 bits per heavy atom. The van der Waals surface area contributed by atoms with Gasteiger partial charge in [0.25, 0.3) is 5.56 Å². The normalized spacial score (nSPS) is 18.3. The number of carbonyl (C=O) groups excluding carboxylic acids is 2. The highest BCUT2D eigenvalue weighted by molar-refractivity contribution is 5.72. The van der Waals surface area contributed by atoms with Gasteiger partial charge in [-0.25, -0.2) is 4.79 Å². The number of hydrogen-bond donors (Lipinski definition) is 1. The van der Waals surface area contributed by atoms with Gasteiger partial charge in [-0.05, 0) is 36.1 Å². The van der Waals surface area contributed by atoms with E-state index >= 15 is 0 Å². The van der Waals surface area contributed by atoms with Crippen molar-refractivity contribution in [3.05, 3.63) is 85.8 Å². The molecule has 43 heavy (non-hydrogen) atoms. The number of hydrogen-bond acceptors (Lipinski definition) is 11. The Morgan fingerprint density at radius 2 is 1.79 bits per heavy atom. The fraction of sp³-hybridized carbons (Fsp3) is 0.419. The van der Waals surface area contributed by atoms with Gasteiger partial charge in [0.05, 0.1) is 40.2 Å². The van der Waals surface area contributed by atoms with Gasteiger partial charge in [0, 0.05) is 43.4 Å². The average molecular weight is 595 g/mol. The van der Waals surface area contributed by atoms with Gasteiger partial charge in [0.2, 0.25) is 11.2 Å². The highest BCUT2D eigenvalue weighted by atomic mass is 16.6. The molecule has 3 aromatic rings. The van der Waals surface area contributed by atoms with Crippen molar-refractivity contribution in [2.24, 2.45) is 5.92 Å². The lowest BCUT2D eigenvalue weighted by Gasteiger charge is -2.42. The van der Waals surface area contributed by atoms with Crippen LogP contribution in [-0.4, -0.2) is 67.5 Å². The van der Waals surface area contributed by atoms with Crippen LogP contribution >= 0.6 is 0 Å². The van der Waals surface area contributed by atoms with E-state index in [9.17, 15) is 24.3 Å². The van der Waals surface area contributed by atoms with Gasteiger partial charge in [-0.15, -0.1) is 0 Å². The van der Waals surface area contributed by atoms with E-state index in [-0.39, 0.29) is 47.7 Å². The number of likely N-dealkylation sites (tertiary alicyclic amines) is 1. The third kappa shape index (κ3) is 6.43. The summed E-state index contributed by atoms with van der Waals surface area (Å²) >= 11 is 0. The first-order chi connectivity index (χ1) is 20.7. The Balaban J connectivity index is 1.44. The number of nitrogens with zero attached hydrogens (tertiary/aromatic N) is 2. The molecule has 228 valence electrons. The van der Waals surface area contributed by atoms with Crippen molar-refractivity contribution in [1.82, 2.24) is 9.47 Å². The largest absolute Gasteiger partial charge is 0.502 e. The Kier molecular flexibility index (Phi) is 8.86. The molecule has 0 aliphatic carbocycles. The van der Waals surface area contributed by atoms with E-state index in [1.54, 1.807) is 30.3 Å². The number of piperidine rings is 1. The van der Waals surface area contributed by atoms with Gasteiger partial charge in [-0.3, -0.25) is 19.3 Å². The number of esters is 2. The van der Waals surface area contributed by atoms with Crippen LogP contribution in [-0.2, 0) is 32.2 Å². The quantitative estimate of drug-likeness (QED) is 0.345. The van der Waals surface area contributed by atoms with Crippen LogP contribution in [0.15, 0.2) is 56.5 Å². The zero-order chi connectivity index (χ0) is 30.7. The molecule has 0 unspecified atom stereocenters. The number of aromatic hydroxyl groups is 1. The number of methoxy groups -OCH3 is 3. The molecule has 2 bridgehead atoms. The molecule has 2 aliphatic rings. The third-order valence-corrected chi connectivity index (χ3v) is 8.01. The molecule has 12 heteroatoms. The summed E-state index contributed by atoms with van der Waals surface area (Å²) in [5.41, 5.74) is 0.863. The molecule has 0 radical (unpaired) electrons. The van der Waals surface area contributed by atoms with Crippen molar-refractivity contribution in [1.29, 1.82) is 0 Å². The maximum Gasteiger partial charge on any atom is 0.343 e. The van der Waals surface area contributed by atoms with E-state index in [1.807, 2.05) is 10.6 Å². The van der Waals surface area contributed by atoms with Gasteiger partial charge in [-0.2, -0.15) is 0 Å².